The molecular weight excluding hydrogens is 432 g/mol. The predicted octanol–water partition coefficient (Wildman–Crippen LogP) is 3.31. The van der Waals surface area contributed by atoms with Gasteiger partial charge in [-0.3, -0.25) is 0 Å². The minimum Gasteiger partial charge on any atom is -0.497 e. The smallest absolute Gasteiger partial charge is 0.337 e. The molecule has 10 heteroatoms. The number of methoxy groups -OCH3 is 2. The second kappa shape index (κ2) is 9.29. The average Bonchev–Trinajstić information content (AvgIpc) is 3.22. The first-order valence-electron chi connectivity index (χ1n) is 8.80. The van der Waals surface area contributed by atoms with E-state index >= 15 is 0 Å². The minimum absolute atomic E-state index is 0.00150. The fourth-order valence-electron chi connectivity index (χ4n) is 2.63. The topological polar surface area (TPSA) is 108 Å². The zero-order valence-electron chi connectivity index (χ0n) is 16.2. The highest BCUT2D eigenvalue weighted by Crippen LogP contribution is 2.24. The first-order valence-corrected chi connectivity index (χ1v) is 10.7. The highest BCUT2D eigenvalue weighted by Gasteiger charge is 2.20. The van der Waals surface area contributed by atoms with Crippen molar-refractivity contribution < 1.29 is 27.1 Å². The second-order valence-electron chi connectivity index (χ2n) is 6.16. The predicted molar refractivity (Wildman–Crippen MR) is 110 cm³/mol. The molecule has 2 aromatic carbocycles. The van der Waals surface area contributed by atoms with Gasteiger partial charge in [0.15, 0.2) is 0 Å². The van der Waals surface area contributed by atoms with Crippen LogP contribution in [0.25, 0.3) is 11.5 Å². The van der Waals surface area contributed by atoms with Gasteiger partial charge in [0.05, 0.1) is 30.5 Å². The van der Waals surface area contributed by atoms with E-state index in [1.807, 2.05) is 12.1 Å². The number of carbonyl (C=O) groups excluding carboxylic acids is 1. The molecular formula is C20H19ClN2O6S. The number of halogens is 1. The summed E-state index contributed by atoms with van der Waals surface area (Å²) in [5, 5.41) is -0.00150. The van der Waals surface area contributed by atoms with E-state index in [-0.39, 0.29) is 22.0 Å². The molecule has 0 aliphatic carbocycles. The molecule has 1 aromatic heterocycles. The maximum absolute atomic E-state index is 12.6. The van der Waals surface area contributed by atoms with Gasteiger partial charge in [-0.2, -0.15) is 0 Å². The van der Waals surface area contributed by atoms with Crippen molar-refractivity contribution in [3.63, 3.8) is 0 Å². The van der Waals surface area contributed by atoms with Gasteiger partial charge in [-0.05, 0) is 42.5 Å². The van der Waals surface area contributed by atoms with Crippen molar-refractivity contribution >= 4 is 27.6 Å². The molecule has 1 heterocycles. The molecule has 0 bridgehead atoms. The molecule has 0 spiro atoms. The number of hydrogen-bond donors (Lipinski definition) is 1. The number of rotatable bonds is 8. The number of benzene rings is 2. The van der Waals surface area contributed by atoms with E-state index < -0.39 is 16.0 Å². The molecule has 30 heavy (non-hydrogen) atoms. The van der Waals surface area contributed by atoms with E-state index in [1.165, 1.54) is 31.6 Å². The Labute approximate surface area is 178 Å². The Bertz CT molecular complexity index is 1140. The zero-order valence-corrected chi connectivity index (χ0v) is 17.8. The van der Waals surface area contributed by atoms with Crippen LogP contribution in [0.2, 0.25) is 5.02 Å². The van der Waals surface area contributed by atoms with E-state index in [0.29, 0.717) is 18.0 Å². The van der Waals surface area contributed by atoms with Crippen LogP contribution in [0.3, 0.4) is 0 Å². The number of ether oxygens (including phenoxy) is 2. The van der Waals surface area contributed by atoms with Gasteiger partial charge in [-0.1, -0.05) is 11.6 Å². The molecule has 0 saturated carbocycles. The molecule has 158 valence electrons. The molecule has 0 amide bonds. The molecule has 0 saturated heterocycles. The standard InChI is InChI=1S/C20H19ClN2O6S/c1-27-16-6-3-13(4-7-16)19-23-15(12-29-19)9-10-22-30(25,26)18-11-14(20(24)28-2)5-8-17(18)21/h3-8,11-12,22H,9-10H2,1-2H3. The number of aromatic nitrogens is 1. The van der Waals surface area contributed by atoms with Crippen molar-refractivity contribution in [1.82, 2.24) is 9.71 Å². The third-order valence-corrected chi connectivity index (χ3v) is 6.15. The highest BCUT2D eigenvalue weighted by atomic mass is 35.5. The number of nitrogens with one attached hydrogen (secondary N) is 1. The third kappa shape index (κ3) is 4.99. The Morgan fingerprint density at radius 2 is 1.90 bits per heavy atom. The Balaban J connectivity index is 1.66. The summed E-state index contributed by atoms with van der Waals surface area (Å²) in [6, 6.07) is 11.1. The summed E-state index contributed by atoms with van der Waals surface area (Å²) in [5.41, 5.74) is 1.44. The van der Waals surface area contributed by atoms with Crippen LogP contribution in [0.4, 0.5) is 0 Å². The number of carbonyl (C=O) groups is 1. The van der Waals surface area contributed by atoms with Crippen molar-refractivity contribution in [3.8, 4) is 17.2 Å². The van der Waals surface area contributed by atoms with Crippen LogP contribution in [0, 0.1) is 0 Å². The molecule has 3 rings (SSSR count). The fourth-order valence-corrected chi connectivity index (χ4v) is 4.19. The van der Waals surface area contributed by atoms with Gasteiger partial charge < -0.3 is 13.9 Å². The second-order valence-corrected chi connectivity index (χ2v) is 8.30. The number of nitrogens with zero attached hydrogens (tertiary/aromatic N) is 1. The zero-order chi connectivity index (χ0) is 21.7. The Morgan fingerprint density at radius 3 is 2.57 bits per heavy atom. The summed E-state index contributed by atoms with van der Waals surface area (Å²) >= 11 is 6.01. The van der Waals surface area contributed by atoms with Crippen molar-refractivity contribution in [1.29, 1.82) is 0 Å². The van der Waals surface area contributed by atoms with Crippen LogP contribution in [0.1, 0.15) is 16.1 Å². The number of sulfonamides is 1. The van der Waals surface area contributed by atoms with Crippen LogP contribution in [0.5, 0.6) is 5.75 Å². The van der Waals surface area contributed by atoms with Gasteiger partial charge in [-0.15, -0.1) is 0 Å². The molecule has 0 unspecified atom stereocenters. The third-order valence-electron chi connectivity index (χ3n) is 4.20. The Morgan fingerprint density at radius 1 is 1.17 bits per heavy atom. The summed E-state index contributed by atoms with van der Waals surface area (Å²) in [7, 11) is -1.15. The lowest BCUT2D eigenvalue weighted by Gasteiger charge is -2.09. The number of esters is 1. The summed E-state index contributed by atoms with van der Waals surface area (Å²) in [4.78, 5) is 15.8. The maximum atomic E-state index is 12.6. The molecule has 1 N–H and O–H groups in total. The first-order chi connectivity index (χ1) is 14.3. The van der Waals surface area contributed by atoms with Gasteiger partial charge in [0.1, 0.15) is 16.9 Å². The lowest BCUT2D eigenvalue weighted by atomic mass is 10.2. The Kier molecular flexibility index (Phi) is 6.76. The van der Waals surface area contributed by atoms with E-state index in [9.17, 15) is 13.2 Å². The molecule has 0 fully saturated rings. The monoisotopic (exact) mass is 450 g/mol. The van der Waals surface area contributed by atoms with Gasteiger partial charge in [0.25, 0.3) is 0 Å². The normalized spacial score (nSPS) is 11.3. The number of oxazole rings is 1. The molecule has 3 aromatic rings. The SMILES string of the molecule is COC(=O)c1ccc(Cl)c(S(=O)(=O)NCCc2coc(-c3ccc(OC)cc3)n2)c1. The van der Waals surface area contributed by atoms with Gasteiger partial charge >= 0.3 is 5.97 Å². The van der Waals surface area contributed by atoms with Gasteiger partial charge in [-0.25, -0.2) is 22.9 Å². The van der Waals surface area contributed by atoms with Gasteiger partial charge in [0.2, 0.25) is 15.9 Å². The molecule has 0 atom stereocenters. The average molecular weight is 451 g/mol. The van der Waals surface area contributed by atoms with Crippen LogP contribution >= 0.6 is 11.6 Å². The van der Waals surface area contributed by atoms with E-state index in [0.717, 1.165) is 11.3 Å². The lowest BCUT2D eigenvalue weighted by Crippen LogP contribution is -2.26. The molecule has 8 nitrogen and oxygen atoms in total. The first kappa shape index (κ1) is 21.8. The Hall–Kier alpha value is -2.88. The van der Waals surface area contributed by atoms with Crippen LogP contribution in [0.15, 0.2) is 58.0 Å². The molecule has 0 radical (unpaired) electrons. The quantitative estimate of drug-likeness (QED) is 0.524. The van der Waals surface area contributed by atoms with Crippen molar-refractivity contribution in [3.05, 3.63) is 65.0 Å². The summed E-state index contributed by atoms with van der Waals surface area (Å²) in [5.74, 6) is 0.482. The van der Waals surface area contributed by atoms with Crippen LogP contribution in [-0.2, 0) is 21.2 Å². The van der Waals surface area contributed by atoms with E-state index in [1.54, 1.807) is 19.2 Å². The largest absolute Gasteiger partial charge is 0.497 e. The summed E-state index contributed by atoms with van der Waals surface area (Å²) < 4.78 is 42.8. The van der Waals surface area contributed by atoms with Crippen molar-refractivity contribution in [2.45, 2.75) is 11.3 Å². The fraction of sp³-hybridized carbons (Fsp3) is 0.200. The number of hydrogen-bond acceptors (Lipinski definition) is 7. The molecule has 0 aliphatic heterocycles. The highest BCUT2D eigenvalue weighted by molar-refractivity contribution is 7.89. The maximum Gasteiger partial charge on any atom is 0.337 e. The van der Waals surface area contributed by atoms with Gasteiger partial charge in [0, 0.05) is 18.5 Å². The van der Waals surface area contributed by atoms with Crippen molar-refractivity contribution in [2.75, 3.05) is 20.8 Å². The van der Waals surface area contributed by atoms with Crippen LogP contribution < -0.4 is 9.46 Å². The minimum atomic E-state index is -3.94. The summed E-state index contributed by atoms with van der Waals surface area (Å²) in [6.07, 6.45) is 1.77. The van der Waals surface area contributed by atoms with Crippen LogP contribution in [-0.4, -0.2) is 40.1 Å². The van der Waals surface area contributed by atoms with E-state index in [4.69, 9.17) is 20.8 Å². The summed E-state index contributed by atoms with van der Waals surface area (Å²) in [6.45, 7) is 0.0652. The lowest BCUT2D eigenvalue weighted by molar-refractivity contribution is 0.0600. The van der Waals surface area contributed by atoms with E-state index in [2.05, 4.69) is 14.4 Å². The van der Waals surface area contributed by atoms with Crippen molar-refractivity contribution in [2.24, 2.45) is 0 Å². The molecule has 0 aliphatic rings.